The van der Waals surface area contributed by atoms with Crippen molar-refractivity contribution in [1.29, 1.82) is 0 Å². The summed E-state index contributed by atoms with van der Waals surface area (Å²) in [5.41, 5.74) is 3.19. The maximum atomic E-state index is 14.2. The zero-order chi connectivity index (χ0) is 22.4. The Bertz CT molecular complexity index is 1300. The fraction of sp³-hybridized carbons (Fsp3) is 0.250. The number of benzene rings is 2. The molecule has 2 aromatic carbocycles. The molecule has 1 aliphatic carbocycles. The van der Waals surface area contributed by atoms with Crippen molar-refractivity contribution < 1.29 is 23.0 Å². The first-order valence-electron chi connectivity index (χ1n) is 10.3. The van der Waals surface area contributed by atoms with E-state index in [2.05, 4.69) is 14.8 Å². The van der Waals surface area contributed by atoms with Crippen LogP contribution in [0.15, 0.2) is 48.7 Å². The average Bonchev–Trinajstić information content (AvgIpc) is 3.50. The number of aryl methyl sites for hydroxylation is 1. The van der Waals surface area contributed by atoms with Crippen LogP contribution >= 0.6 is 0 Å². The van der Waals surface area contributed by atoms with E-state index in [4.69, 9.17) is 0 Å². The first kappa shape index (κ1) is 20.4. The Hall–Kier alpha value is -3.55. The summed E-state index contributed by atoms with van der Waals surface area (Å²) >= 11 is 0. The van der Waals surface area contributed by atoms with Crippen LogP contribution in [0.4, 0.5) is 13.2 Å². The molecule has 2 heterocycles. The molecule has 0 aliphatic heterocycles. The fourth-order valence-corrected chi connectivity index (χ4v) is 3.94. The number of ether oxygens (including phenoxy) is 1. The van der Waals surface area contributed by atoms with Crippen molar-refractivity contribution in [2.45, 2.75) is 38.7 Å². The van der Waals surface area contributed by atoms with Crippen molar-refractivity contribution in [3.8, 4) is 17.3 Å². The normalized spacial score (nSPS) is 13.8. The number of aromatic nitrogens is 3. The Kier molecular flexibility index (Phi) is 5.00. The van der Waals surface area contributed by atoms with Crippen LogP contribution in [0.25, 0.3) is 16.6 Å². The molecule has 1 saturated carbocycles. The highest BCUT2D eigenvalue weighted by molar-refractivity contribution is 5.90. The summed E-state index contributed by atoms with van der Waals surface area (Å²) in [4.78, 5) is 3.93. The second kappa shape index (κ2) is 7.85. The van der Waals surface area contributed by atoms with E-state index in [1.54, 1.807) is 11.6 Å². The molecule has 1 fully saturated rings. The highest BCUT2D eigenvalue weighted by atomic mass is 19.3. The number of alkyl halides is 2. The summed E-state index contributed by atoms with van der Waals surface area (Å²) in [5.74, 6) is -0.998. The van der Waals surface area contributed by atoms with Crippen molar-refractivity contribution in [2.75, 3.05) is 0 Å². The molecule has 0 amide bonds. The molecule has 5 rings (SSSR count). The van der Waals surface area contributed by atoms with E-state index in [0.717, 1.165) is 29.1 Å². The average molecular weight is 438 g/mol. The lowest BCUT2D eigenvalue weighted by molar-refractivity contribution is -0.0532. The van der Waals surface area contributed by atoms with Crippen LogP contribution in [-0.4, -0.2) is 21.4 Å². The van der Waals surface area contributed by atoms with Gasteiger partial charge in [0.15, 0.2) is 5.75 Å². The molecule has 0 saturated heterocycles. The molecule has 32 heavy (non-hydrogen) atoms. The van der Waals surface area contributed by atoms with Gasteiger partial charge >= 0.3 is 6.61 Å². The molecular weight excluding hydrogens is 419 g/mol. The van der Waals surface area contributed by atoms with Crippen molar-refractivity contribution >= 4 is 10.9 Å². The standard InChI is InChI=1S/C24H19F3N3O2/c1-13-17(23(32-24(26)27)28-22-18(25)8-9-20(31)21(13)22)12-14-2-6-16(7-3-14)30-11-10-19(29-30)15-4-5-15/h2-3,6-11,15,24H,4-5,12H2,1H3. The quantitative estimate of drug-likeness (QED) is 0.366. The van der Waals surface area contributed by atoms with Gasteiger partial charge in [-0.05, 0) is 61.2 Å². The van der Waals surface area contributed by atoms with Gasteiger partial charge in [-0.2, -0.15) is 13.9 Å². The molecule has 0 N–H and O–H groups in total. The van der Waals surface area contributed by atoms with Gasteiger partial charge in [0, 0.05) is 24.1 Å². The summed E-state index contributed by atoms with van der Waals surface area (Å²) < 4.78 is 46.7. The first-order chi connectivity index (χ1) is 15.4. The van der Waals surface area contributed by atoms with Crippen molar-refractivity contribution in [1.82, 2.24) is 14.8 Å². The number of hydrogen-bond acceptors (Lipinski definition) is 3. The minimum absolute atomic E-state index is 0.0717. The van der Waals surface area contributed by atoms with Gasteiger partial charge in [0.05, 0.1) is 16.8 Å². The zero-order valence-electron chi connectivity index (χ0n) is 17.2. The Morgan fingerprint density at radius 3 is 2.56 bits per heavy atom. The molecule has 0 bridgehead atoms. The Balaban J connectivity index is 1.50. The molecule has 1 aliphatic rings. The third-order valence-corrected chi connectivity index (χ3v) is 5.78. The van der Waals surface area contributed by atoms with Gasteiger partial charge in [-0.1, -0.05) is 12.1 Å². The van der Waals surface area contributed by atoms with E-state index in [-0.39, 0.29) is 23.2 Å². The van der Waals surface area contributed by atoms with Crippen LogP contribution < -0.4 is 4.74 Å². The van der Waals surface area contributed by atoms with E-state index in [1.807, 2.05) is 36.5 Å². The summed E-state index contributed by atoms with van der Waals surface area (Å²) in [6.07, 6.45) is 4.46. The molecule has 2 aromatic heterocycles. The van der Waals surface area contributed by atoms with Gasteiger partial charge in [0.25, 0.3) is 0 Å². The van der Waals surface area contributed by atoms with Crippen LogP contribution in [0.1, 0.15) is 41.1 Å². The van der Waals surface area contributed by atoms with Crippen molar-refractivity contribution in [3.63, 3.8) is 0 Å². The molecule has 0 atom stereocenters. The largest absolute Gasteiger partial charge is 0.417 e. The number of pyridine rings is 1. The maximum Gasteiger partial charge on any atom is 0.388 e. The number of halogens is 3. The van der Waals surface area contributed by atoms with E-state index >= 15 is 0 Å². The second-order valence-electron chi connectivity index (χ2n) is 7.97. The van der Waals surface area contributed by atoms with Gasteiger partial charge in [-0.25, -0.2) is 14.1 Å². The molecule has 0 unspecified atom stereocenters. The molecule has 4 aromatic rings. The van der Waals surface area contributed by atoms with E-state index < -0.39 is 18.2 Å². The number of fused-ring (bicyclic) bond motifs is 1. The van der Waals surface area contributed by atoms with Gasteiger partial charge in [-0.15, -0.1) is 0 Å². The Morgan fingerprint density at radius 1 is 1.12 bits per heavy atom. The molecular formula is C24H19F3N3O2. The molecule has 5 nitrogen and oxygen atoms in total. The lowest BCUT2D eigenvalue weighted by atomic mass is 9.97. The van der Waals surface area contributed by atoms with Gasteiger partial charge in [0.1, 0.15) is 11.3 Å². The van der Waals surface area contributed by atoms with Crippen LogP contribution in [0, 0.1) is 12.7 Å². The van der Waals surface area contributed by atoms with Crippen LogP contribution in [-0.2, 0) is 11.5 Å². The van der Waals surface area contributed by atoms with Crippen LogP contribution in [0.3, 0.4) is 0 Å². The Labute approximate surface area is 182 Å². The Morgan fingerprint density at radius 2 is 1.88 bits per heavy atom. The summed E-state index contributed by atoms with van der Waals surface area (Å²) in [6, 6.07) is 11.6. The lowest BCUT2D eigenvalue weighted by Gasteiger charge is -2.16. The van der Waals surface area contributed by atoms with E-state index in [0.29, 0.717) is 17.0 Å². The highest BCUT2D eigenvalue weighted by Gasteiger charge is 2.26. The maximum absolute atomic E-state index is 14.2. The first-order valence-corrected chi connectivity index (χ1v) is 10.3. The minimum Gasteiger partial charge on any atom is -0.417 e. The SMILES string of the molecule is Cc1c(Cc2ccc(-n3ccc(C4CC4)n3)cc2)c(OC(F)F)nc2c(F)ccc([O])c12. The van der Waals surface area contributed by atoms with Gasteiger partial charge < -0.3 is 4.74 Å². The third-order valence-electron chi connectivity index (χ3n) is 5.78. The second-order valence-corrected chi connectivity index (χ2v) is 7.97. The van der Waals surface area contributed by atoms with Crippen molar-refractivity contribution in [3.05, 3.63) is 76.9 Å². The molecule has 163 valence electrons. The lowest BCUT2D eigenvalue weighted by Crippen LogP contribution is -2.09. The van der Waals surface area contributed by atoms with Gasteiger partial charge in [0.2, 0.25) is 5.88 Å². The number of rotatable bonds is 6. The zero-order valence-corrected chi connectivity index (χ0v) is 17.2. The number of hydrogen-bond donors (Lipinski definition) is 0. The van der Waals surface area contributed by atoms with E-state index in [9.17, 15) is 18.3 Å². The molecule has 1 radical (unpaired) electrons. The predicted octanol–water partition coefficient (Wildman–Crippen LogP) is 6.08. The molecule has 8 heteroatoms. The summed E-state index contributed by atoms with van der Waals surface area (Å²) in [6.45, 7) is -1.53. The smallest absolute Gasteiger partial charge is 0.388 e. The highest BCUT2D eigenvalue weighted by Crippen LogP contribution is 2.39. The summed E-state index contributed by atoms with van der Waals surface area (Å²) in [5, 5.41) is 17.0. The monoisotopic (exact) mass is 438 g/mol. The fourth-order valence-electron chi connectivity index (χ4n) is 3.94. The predicted molar refractivity (Wildman–Crippen MR) is 112 cm³/mol. The minimum atomic E-state index is -3.13. The third kappa shape index (κ3) is 3.77. The summed E-state index contributed by atoms with van der Waals surface area (Å²) in [7, 11) is 0. The molecule has 0 spiro atoms. The van der Waals surface area contributed by atoms with Crippen LogP contribution in [0.5, 0.6) is 11.6 Å². The number of nitrogens with zero attached hydrogens (tertiary/aromatic N) is 3. The van der Waals surface area contributed by atoms with Crippen LogP contribution in [0.2, 0.25) is 0 Å². The van der Waals surface area contributed by atoms with Gasteiger partial charge in [-0.3, -0.25) is 5.11 Å². The van der Waals surface area contributed by atoms with E-state index in [1.165, 1.54) is 12.8 Å². The topological polar surface area (TPSA) is 59.8 Å². The van der Waals surface area contributed by atoms with Crippen molar-refractivity contribution in [2.24, 2.45) is 0 Å².